The van der Waals surface area contributed by atoms with Crippen molar-refractivity contribution in [1.29, 1.82) is 0 Å². The van der Waals surface area contributed by atoms with E-state index in [-0.39, 0.29) is 11.6 Å². The Morgan fingerprint density at radius 2 is 1.80 bits per heavy atom. The van der Waals surface area contributed by atoms with E-state index in [1.807, 2.05) is 13.1 Å². The topological polar surface area (TPSA) is 38.0 Å². The third-order valence-corrected chi connectivity index (χ3v) is 3.75. The van der Waals surface area contributed by atoms with Crippen LogP contribution in [-0.4, -0.2) is 12.6 Å². The zero-order chi connectivity index (χ0) is 10.7. The van der Waals surface area contributed by atoms with E-state index in [1.54, 1.807) is 0 Å². The Bertz CT molecular complexity index is 302. The molecule has 1 atom stereocenters. The second-order valence-electron chi connectivity index (χ2n) is 4.50. The second kappa shape index (κ2) is 4.33. The molecule has 0 saturated heterocycles. The van der Waals surface area contributed by atoms with Gasteiger partial charge in [0.1, 0.15) is 0 Å². The highest BCUT2D eigenvalue weighted by Gasteiger charge is 2.38. The molecule has 2 rings (SSSR count). The minimum atomic E-state index is 0.117. The predicted octanol–water partition coefficient (Wildman–Crippen LogP) is 2.22. The number of hydrogen-bond donors (Lipinski definition) is 2. The van der Waals surface area contributed by atoms with Gasteiger partial charge in [-0.05, 0) is 25.5 Å². The van der Waals surface area contributed by atoms with Crippen LogP contribution in [0.3, 0.4) is 0 Å². The molecule has 0 aromatic heterocycles. The maximum Gasteiger partial charge on any atom is 0.0479 e. The molecule has 1 aliphatic carbocycles. The van der Waals surface area contributed by atoms with E-state index in [1.165, 1.54) is 31.2 Å². The summed E-state index contributed by atoms with van der Waals surface area (Å²) in [7, 11) is 2.04. The first-order chi connectivity index (χ1) is 7.28. The Kier molecular flexibility index (Phi) is 3.08. The third kappa shape index (κ3) is 1.92. The summed E-state index contributed by atoms with van der Waals surface area (Å²) in [5.74, 6) is 0. The van der Waals surface area contributed by atoms with Gasteiger partial charge in [-0.3, -0.25) is 0 Å². The molecular formula is C13H20N2. The highest BCUT2D eigenvalue weighted by Crippen LogP contribution is 2.38. The van der Waals surface area contributed by atoms with E-state index in [2.05, 4.69) is 29.6 Å². The van der Waals surface area contributed by atoms with Gasteiger partial charge >= 0.3 is 0 Å². The molecule has 0 radical (unpaired) electrons. The first kappa shape index (κ1) is 10.7. The molecule has 0 spiro atoms. The Labute approximate surface area is 91.9 Å². The van der Waals surface area contributed by atoms with Crippen molar-refractivity contribution in [2.75, 3.05) is 7.05 Å². The number of hydrogen-bond acceptors (Lipinski definition) is 2. The fourth-order valence-corrected chi connectivity index (χ4v) is 2.70. The lowest BCUT2D eigenvalue weighted by atomic mass is 9.84. The van der Waals surface area contributed by atoms with Crippen molar-refractivity contribution in [3.05, 3.63) is 35.9 Å². The average molecular weight is 204 g/mol. The lowest BCUT2D eigenvalue weighted by Crippen LogP contribution is -2.49. The normalized spacial score (nSPS) is 21.5. The van der Waals surface area contributed by atoms with Crippen molar-refractivity contribution in [3.8, 4) is 0 Å². The molecule has 0 unspecified atom stereocenters. The van der Waals surface area contributed by atoms with Crippen LogP contribution in [0.5, 0.6) is 0 Å². The van der Waals surface area contributed by atoms with Gasteiger partial charge in [0.15, 0.2) is 0 Å². The molecule has 2 nitrogen and oxygen atoms in total. The summed E-state index contributed by atoms with van der Waals surface area (Å²) in [5.41, 5.74) is 7.75. The number of nitrogens with one attached hydrogen (secondary N) is 1. The van der Waals surface area contributed by atoms with Crippen LogP contribution in [0.25, 0.3) is 0 Å². The predicted molar refractivity (Wildman–Crippen MR) is 63.6 cm³/mol. The number of rotatable bonds is 3. The van der Waals surface area contributed by atoms with Crippen LogP contribution in [0, 0.1) is 0 Å². The molecule has 0 heterocycles. The minimum absolute atomic E-state index is 0.117. The molecular weight excluding hydrogens is 184 g/mol. The lowest BCUT2D eigenvalue weighted by molar-refractivity contribution is 0.294. The fourth-order valence-electron chi connectivity index (χ4n) is 2.70. The lowest BCUT2D eigenvalue weighted by Gasteiger charge is -2.35. The molecule has 0 bridgehead atoms. The monoisotopic (exact) mass is 204 g/mol. The molecule has 1 aliphatic rings. The zero-order valence-corrected chi connectivity index (χ0v) is 9.37. The summed E-state index contributed by atoms with van der Waals surface area (Å²) < 4.78 is 0. The molecule has 1 aromatic rings. The maximum absolute atomic E-state index is 6.38. The summed E-state index contributed by atoms with van der Waals surface area (Å²) in [5, 5.41) is 3.45. The molecule has 1 aromatic carbocycles. The average Bonchev–Trinajstić information content (AvgIpc) is 2.79. The smallest absolute Gasteiger partial charge is 0.0479 e. The van der Waals surface area contributed by atoms with Gasteiger partial charge in [-0.15, -0.1) is 0 Å². The van der Waals surface area contributed by atoms with E-state index >= 15 is 0 Å². The molecule has 3 N–H and O–H groups in total. The largest absolute Gasteiger partial charge is 0.322 e. The van der Waals surface area contributed by atoms with Crippen LogP contribution in [-0.2, 0) is 0 Å². The summed E-state index contributed by atoms with van der Waals surface area (Å²) in [6.45, 7) is 0. The van der Waals surface area contributed by atoms with E-state index in [0.29, 0.717) is 0 Å². The highest BCUT2D eigenvalue weighted by atomic mass is 15.0. The first-order valence-electron chi connectivity index (χ1n) is 5.78. The van der Waals surface area contributed by atoms with Gasteiger partial charge in [-0.2, -0.15) is 0 Å². The SMILES string of the molecule is CNC1([C@H](N)c2ccccc2)CCCC1. The molecule has 15 heavy (non-hydrogen) atoms. The molecule has 0 aliphatic heterocycles. The fraction of sp³-hybridized carbons (Fsp3) is 0.538. The molecule has 1 saturated carbocycles. The van der Waals surface area contributed by atoms with Gasteiger partial charge in [-0.25, -0.2) is 0 Å². The van der Waals surface area contributed by atoms with Gasteiger partial charge in [-0.1, -0.05) is 43.2 Å². The number of likely N-dealkylation sites (N-methyl/N-ethyl adjacent to an activating group) is 1. The number of nitrogens with two attached hydrogens (primary N) is 1. The van der Waals surface area contributed by atoms with Crippen molar-refractivity contribution in [3.63, 3.8) is 0 Å². The van der Waals surface area contributed by atoms with Crippen LogP contribution >= 0.6 is 0 Å². The van der Waals surface area contributed by atoms with Crippen molar-refractivity contribution in [2.24, 2.45) is 5.73 Å². The minimum Gasteiger partial charge on any atom is -0.322 e. The van der Waals surface area contributed by atoms with Crippen LogP contribution < -0.4 is 11.1 Å². The Balaban J connectivity index is 2.22. The molecule has 2 heteroatoms. The van der Waals surface area contributed by atoms with E-state index in [9.17, 15) is 0 Å². The maximum atomic E-state index is 6.38. The highest BCUT2D eigenvalue weighted by molar-refractivity contribution is 5.23. The van der Waals surface area contributed by atoms with Crippen LogP contribution in [0.2, 0.25) is 0 Å². The molecule has 1 fully saturated rings. The first-order valence-corrected chi connectivity index (χ1v) is 5.78. The Hall–Kier alpha value is -0.860. The second-order valence-corrected chi connectivity index (χ2v) is 4.50. The van der Waals surface area contributed by atoms with Gasteiger partial charge in [0, 0.05) is 11.6 Å². The van der Waals surface area contributed by atoms with Crippen LogP contribution in [0.4, 0.5) is 0 Å². The summed E-state index contributed by atoms with van der Waals surface area (Å²) in [4.78, 5) is 0. The van der Waals surface area contributed by atoms with Gasteiger partial charge < -0.3 is 11.1 Å². The number of benzene rings is 1. The van der Waals surface area contributed by atoms with Crippen LogP contribution in [0.15, 0.2) is 30.3 Å². The third-order valence-electron chi connectivity index (χ3n) is 3.75. The van der Waals surface area contributed by atoms with Gasteiger partial charge in [0.25, 0.3) is 0 Å². The van der Waals surface area contributed by atoms with Crippen molar-refractivity contribution < 1.29 is 0 Å². The van der Waals surface area contributed by atoms with E-state index in [4.69, 9.17) is 5.73 Å². The zero-order valence-electron chi connectivity index (χ0n) is 9.37. The summed E-state index contributed by atoms with van der Waals surface area (Å²) >= 11 is 0. The Morgan fingerprint density at radius 3 is 2.33 bits per heavy atom. The standard InChI is InChI=1S/C13H20N2/c1-15-13(9-5-6-10-13)12(14)11-7-3-2-4-8-11/h2-4,7-8,12,15H,5-6,9-10,14H2,1H3/t12-/m1/s1. The van der Waals surface area contributed by atoms with Crippen molar-refractivity contribution >= 4 is 0 Å². The quantitative estimate of drug-likeness (QED) is 0.792. The van der Waals surface area contributed by atoms with E-state index in [0.717, 1.165) is 0 Å². The van der Waals surface area contributed by atoms with Crippen molar-refractivity contribution in [2.45, 2.75) is 37.3 Å². The Morgan fingerprint density at radius 1 is 1.20 bits per heavy atom. The van der Waals surface area contributed by atoms with E-state index < -0.39 is 0 Å². The molecule has 0 amide bonds. The summed E-state index contributed by atoms with van der Waals surface area (Å²) in [6, 6.07) is 10.5. The van der Waals surface area contributed by atoms with Crippen LogP contribution in [0.1, 0.15) is 37.3 Å². The van der Waals surface area contributed by atoms with Crippen molar-refractivity contribution in [1.82, 2.24) is 5.32 Å². The van der Waals surface area contributed by atoms with Gasteiger partial charge in [0.05, 0.1) is 0 Å². The molecule has 82 valence electrons. The summed E-state index contributed by atoms with van der Waals surface area (Å²) in [6.07, 6.45) is 4.97. The van der Waals surface area contributed by atoms with Gasteiger partial charge in [0.2, 0.25) is 0 Å².